The number of carboxylic acids is 1. The van der Waals surface area contributed by atoms with Crippen molar-refractivity contribution in [1.82, 2.24) is 0 Å². The summed E-state index contributed by atoms with van der Waals surface area (Å²) in [6.07, 6.45) is 6.47. The minimum Gasteiger partial charge on any atom is -0.481 e. The van der Waals surface area contributed by atoms with Crippen LogP contribution in [0.1, 0.15) is 45.4 Å². The van der Waals surface area contributed by atoms with Gasteiger partial charge in [-0.2, -0.15) is 0 Å². The molecule has 3 atom stereocenters. The monoisotopic (exact) mass is 213 g/mol. The SMILES string of the molecule is C[C@@H]1CCCCC[C@@H]1C(CN)CC(=O)O. The standard InChI is InChI=1S/C12H23NO2/c1-9-5-3-2-4-6-11(9)10(8-13)7-12(14)15/h9-11H,2-8,13H2,1H3,(H,14,15)/t9-,10?,11+/m1/s1. The summed E-state index contributed by atoms with van der Waals surface area (Å²) < 4.78 is 0. The molecule has 0 aromatic carbocycles. The average molecular weight is 213 g/mol. The highest BCUT2D eigenvalue weighted by Crippen LogP contribution is 2.34. The molecule has 0 radical (unpaired) electrons. The van der Waals surface area contributed by atoms with Crippen molar-refractivity contribution in [2.45, 2.75) is 45.4 Å². The number of aliphatic carboxylic acids is 1. The molecular weight excluding hydrogens is 190 g/mol. The van der Waals surface area contributed by atoms with Gasteiger partial charge in [0.05, 0.1) is 0 Å². The van der Waals surface area contributed by atoms with E-state index in [9.17, 15) is 4.79 Å². The van der Waals surface area contributed by atoms with E-state index in [0.29, 0.717) is 18.4 Å². The Kier molecular flexibility index (Phi) is 5.09. The zero-order valence-electron chi connectivity index (χ0n) is 9.61. The summed E-state index contributed by atoms with van der Waals surface area (Å²) >= 11 is 0. The summed E-state index contributed by atoms with van der Waals surface area (Å²) in [7, 11) is 0. The van der Waals surface area contributed by atoms with E-state index in [4.69, 9.17) is 10.8 Å². The first-order valence-corrected chi connectivity index (χ1v) is 6.07. The fourth-order valence-electron chi connectivity index (χ4n) is 2.86. The maximum absolute atomic E-state index is 10.7. The predicted octanol–water partition coefficient (Wildman–Crippen LogP) is 2.25. The van der Waals surface area contributed by atoms with Crippen molar-refractivity contribution >= 4 is 5.97 Å². The van der Waals surface area contributed by atoms with Crippen molar-refractivity contribution in [1.29, 1.82) is 0 Å². The van der Waals surface area contributed by atoms with Crippen LogP contribution in [0, 0.1) is 17.8 Å². The highest BCUT2D eigenvalue weighted by atomic mass is 16.4. The molecule has 1 aliphatic carbocycles. The number of carbonyl (C=O) groups is 1. The third-order valence-electron chi connectivity index (χ3n) is 3.77. The third kappa shape index (κ3) is 3.82. The van der Waals surface area contributed by atoms with Crippen LogP contribution in [0.25, 0.3) is 0 Å². The van der Waals surface area contributed by atoms with E-state index in [1.54, 1.807) is 0 Å². The van der Waals surface area contributed by atoms with Gasteiger partial charge in [-0.05, 0) is 30.7 Å². The topological polar surface area (TPSA) is 63.3 Å². The summed E-state index contributed by atoms with van der Waals surface area (Å²) in [6.45, 7) is 2.77. The lowest BCUT2D eigenvalue weighted by atomic mass is 9.78. The molecule has 0 heterocycles. The summed E-state index contributed by atoms with van der Waals surface area (Å²) in [5.41, 5.74) is 5.70. The van der Waals surface area contributed by atoms with Crippen LogP contribution in [0.4, 0.5) is 0 Å². The molecule has 1 saturated carbocycles. The minimum atomic E-state index is -0.707. The smallest absolute Gasteiger partial charge is 0.303 e. The van der Waals surface area contributed by atoms with Crippen LogP contribution in [-0.2, 0) is 4.79 Å². The van der Waals surface area contributed by atoms with Gasteiger partial charge in [0.2, 0.25) is 0 Å². The molecule has 15 heavy (non-hydrogen) atoms. The van der Waals surface area contributed by atoms with E-state index < -0.39 is 5.97 Å². The van der Waals surface area contributed by atoms with Crippen LogP contribution < -0.4 is 5.73 Å². The van der Waals surface area contributed by atoms with E-state index in [0.717, 1.165) is 6.42 Å². The van der Waals surface area contributed by atoms with Gasteiger partial charge in [0.1, 0.15) is 0 Å². The molecule has 1 rings (SSSR count). The maximum atomic E-state index is 10.7. The van der Waals surface area contributed by atoms with Gasteiger partial charge in [-0.1, -0.05) is 32.6 Å². The Bertz CT molecular complexity index is 206. The zero-order chi connectivity index (χ0) is 11.3. The molecule has 3 heteroatoms. The predicted molar refractivity (Wildman–Crippen MR) is 60.5 cm³/mol. The highest BCUT2D eigenvalue weighted by Gasteiger charge is 2.28. The highest BCUT2D eigenvalue weighted by molar-refractivity contribution is 5.67. The Balaban J connectivity index is 2.58. The Hall–Kier alpha value is -0.570. The number of nitrogens with two attached hydrogens (primary N) is 1. The van der Waals surface area contributed by atoms with Crippen LogP contribution >= 0.6 is 0 Å². The fourth-order valence-corrected chi connectivity index (χ4v) is 2.86. The second kappa shape index (κ2) is 6.11. The Labute approximate surface area is 92.0 Å². The second-order valence-corrected chi connectivity index (χ2v) is 4.87. The summed E-state index contributed by atoms with van der Waals surface area (Å²) in [4.78, 5) is 10.7. The number of carboxylic acid groups (broad SMARTS) is 1. The van der Waals surface area contributed by atoms with Gasteiger partial charge in [-0.3, -0.25) is 4.79 Å². The molecule has 0 aromatic rings. The van der Waals surface area contributed by atoms with Crippen LogP contribution in [0.3, 0.4) is 0 Å². The Morgan fingerprint density at radius 1 is 1.40 bits per heavy atom. The molecule has 1 aliphatic rings. The van der Waals surface area contributed by atoms with Gasteiger partial charge in [-0.25, -0.2) is 0 Å². The van der Waals surface area contributed by atoms with Gasteiger partial charge < -0.3 is 10.8 Å². The van der Waals surface area contributed by atoms with Crippen LogP contribution in [0.15, 0.2) is 0 Å². The average Bonchev–Trinajstić information content (AvgIpc) is 2.39. The van der Waals surface area contributed by atoms with Gasteiger partial charge >= 0.3 is 5.97 Å². The van der Waals surface area contributed by atoms with Gasteiger partial charge in [-0.15, -0.1) is 0 Å². The van der Waals surface area contributed by atoms with E-state index in [-0.39, 0.29) is 12.3 Å². The van der Waals surface area contributed by atoms with Crippen molar-refractivity contribution < 1.29 is 9.90 Å². The molecule has 1 unspecified atom stereocenters. The molecule has 0 spiro atoms. The molecular formula is C12H23NO2. The normalized spacial score (nSPS) is 29.5. The molecule has 0 saturated heterocycles. The Morgan fingerprint density at radius 2 is 2.07 bits per heavy atom. The molecule has 88 valence electrons. The Morgan fingerprint density at radius 3 is 2.67 bits per heavy atom. The number of hydrogen-bond acceptors (Lipinski definition) is 2. The van der Waals surface area contributed by atoms with Crippen molar-refractivity contribution in [3.05, 3.63) is 0 Å². The zero-order valence-corrected chi connectivity index (χ0v) is 9.61. The van der Waals surface area contributed by atoms with Crippen molar-refractivity contribution in [2.75, 3.05) is 6.54 Å². The maximum Gasteiger partial charge on any atom is 0.303 e. The summed E-state index contributed by atoms with van der Waals surface area (Å²) in [5, 5.41) is 8.85. The molecule has 3 nitrogen and oxygen atoms in total. The van der Waals surface area contributed by atoms with E-state index in [1.807, 2.05) is 0 Å². The lowest BCUT2D eigenvalue weighted by Gasteiger charge is -2.28. The van der Waals surface area contributed by atoms with Crippen molar-refractivity contribution in [3.8, 4) is 0 Å². The van der Waals surface area contributed by atoms with Gasteiger partial charge in [0, 0.05) is 6.42 Å². The summed E-state index contributed by atoms with van der Waals surface area (Å²) in [5.74, 6) is 0.631. The lowest BCUT2D eigenvalue weighted by Crippen LogP contribution is -2.29. The third-order valence-corrected chi connectivity index (χ3v) is 3.77. The van der Waals surface area contributed by atoms with E-state index in [2.05, 4.69) is 6.92 Å². The van der Waals surface area contributed by atoms with Gasteiger partial charge in [0.25, 0.3) is 0 Å². The number of hydrogen-bond donors (Lipinski definition) is 2. The molecule has 1 fully saturated rings. The first kappa shape index (κ1) is 12.5. The quantitative estimate of drug-likeness (QED) is 0.704. The summed E-state index contributed by atoms with van der Waals surface area (Å²) in [6, 6.07) is 0. The molecule has 0 bridgehead atoms. The van der Waals surface area contributed by atoms with Crippen LogP contribution in [0.2, 0.25) is 0 Å². The fraction of sp³-hybridized carbons (Fsp3) is 0.917. The van der Waals surface area contributed by atoms with Crippen LogP contribution in [-0.4, -0.2) is 17.6 Å². The van der Waals surface area contributed by atoms with Crippen molar-refractivity contribution in [3.63, 3.8) is 0 Å². The lowest BCUT2D eigenvalue weighted by molar-refractivity contribution is -0.138. The molecule has 0 aliphatic heterocycles. The van der Waals surface area contributed by atoms with E-state index >= 15 is 0 Å². The van der Waals surface area contributed by atoms with Crippen molar-refractivity contribution in [2.24, 2.45) is 23.5 Å². The van der Waals surface area contributed by atoms with Crippen LogP contribution in [0.5, 0.6) is 0 Å². The first-order chi connectivity index (χ1) is 7.15. The number of rotatable bonds is 4. The molecule has 0 aromatic heterocycles. The molecule has 0 amide bonds. The van der Waals surface area contributed by atoms with Gasteiger partial charge in [0.15, 0.2) is 0 Å². The molecule has 3 N–H and O–H groups in total. The minimum absolute atomic E-state index is 0.176. The second-order valence-electron chi connectivity index (χ2n) is 4.87. The first-order valence-electron chi connectivity index (χ1n) is 6.07. The largest absolute Gasteiger partial charge is 0.481 e. The van der Waals surface area contributed by atoms with E-state index in [1.165, 1.54) is 25.7 Å².